The van der Waals surface area contributed by atoms with Gasteiger partial charge in [-0.25, -0.2) is 0 Å². The number of methoxy groups -OCH3 is 1. The summed E-state index contributed by atoms with van der Waals surface area (Å²) < 4.78 is 7.43. The molecule has 8 heteroatoms. The van der Waals surface area contributed by atoms with Gasteiger partial charge in [-0.2, -0.15) is 0 Å². The van der Waals surface area contributed by atoms with Crippen LogP contribution in [0.2, 0.25) is 0 Å². The van der Waals surface area contributed by atoms with E-state index < -0.39 is 0 Å². The van der Waals surface area contributed by atoms with Gasteiger partial charge in [0.25, 0.3) is 0 Å². The molecule has 0 unspecified atom stereocenters. The Morgan fingerprint density at radius 3 is 2.73 bits per heavy atom. The predicted octanol–water partition coefficient (Wildman–Crippen LogP) is 4.55. The lowest BCUT2D eigenvalue weighted by Gasteiger charge is -2.31. The molecule has 1 aromatic carbocycles. The van der Waals surface area contributed by atoms with Crippen molar-refractivity contribution in [2.75, 3.05) is 19.4 Å². The van der Waals surface area contributed by atoms with Gasteiger partial charge in [-0.05, 0) is 55.0 Å². The molecule has 1 fully saturated rings. The molecule has 4 rings (SSSR count). The number of carbonyl (C=O) groups is 1. The molecule has 2 heterocycles. The van der Waals surface area contributed by atoms with Crippen molar-refractivity contribution in [3.63, 3.8) is 0 Å². The molecule has 174 valence electrons. The van der Waals surface area contributed by atoms with Crippen LogP contribution in [0.25, 0.3) is 11.4 Å². The van der Waals surface area contributed by atoms with Crippen LogP contribution < -0.4 is 10.1 Å². The van der Waals surface area contributed by atoms with Crippen molar-refractivity contribution in [3.8, 4) is 17.1 Å². The predicted molar refractivity (Wildman–Crippen MR) is 130 cm³/mol. The molecule has 0 aliphatic heterocycles. The highest BCUT2D eigenvalue weighted by molar-refractivity contribution is 7.99. The number of aromatic nitrogens is 4. The summed E-state index contributed by atoms with van der Waals surface area (Å²) in [5.41, 5.74) is 2.12. The van der Waals surface area contributed by atoms with E-state index in [1.165, 1.54) is 31.0 Å². The summed E-state index contributed by atoms with van der Waals surface area (Å²) in [4.78, 5) is 16.8. The number of amides is 1. The molecular formula is C25H31N5O2S. The monoisotopic (exact) mass is 465 g/mol. The second-order valence-electron chi connectivity index (χ2n) is 8.48. The van der Waals surface area contributed by atoms with Crippen molar-refractivity contribution >= 4 is 17.7 Å². The van der Waals surface area contributed by atoms with Gasteiger partial charge in [-0.15, -0.1) is 10.2 Å². The Morgan fingerprint density at radius 2 is 2.00 bits per heavy atom. The maximum Gasteiger partial charge on any atom is 0.230 e. The summed E-state index contributed by atoms with van der Waals surface area (Å²) in [6.45, 7) is 2.90. The first-order valence-corrected chi connectivity index (χ1v) is 12.5. The van der Waals surface area contributed by atoms with Crippen LogP contribution in [0.3, 0.4) is 0 Å². The van der Waals surface area contributed by atoms with Crippen molar-refractivity contribution in [3.05, 3.63) is 54.4 Å². The van der Waals surface area contributed by atoms with Gasteiger partial charge in [0, 0.05) is 30.5 Å². The van der Waals surface area contributed by atoms with Gasteiger partial charge < -0.3 is 10.1 Å². The molecular weight excluding hydrogens is 434 g/mol. The minimum Gasteiger partial charge on any atom is -0.497 e. The molecule has 3 aromatic rings. The molecule has 33 heavy (non-hydrogen) atoms. The maximum atomic E-state index is 12.5. The number of ether oxygens (including phenoxy) is 1. The number of hydrogen-bond acceptors (Lipinski definition) is 6. The van der Waals surface area contributed by atoms with Crippen molar-refractivity contribution in [1.82, 2.24) is 25.1 Å². The van der Waals surface area contributed by atoms with Gasteiger partial charge >= 0.3 is 0 Å². The van der Waals surface area contributed by atoms with Crippen LogP contribution in [0.1, 0.15) is 44.2 Å². The standard InChI is InChI=1S/C25H31N5O2S/c1-18-6-3-4-8-22(18)30-24(20-7-5-14-26-16-20)28-29-25(30)33-17-23(31)27-15-13-19-9-11-21(32-2)12-10-19/h5,7,9-12,14,16,18,22H,3-4,6,8,13,15,17H2,1-2H3,(H,27,31)/t18-,22+/m1/s1. The zero-order valence-corrected chi connectivity index (χ0v) is 20.1. The van der Waals surface area contributed by atoms with Crippen LogP contribution in [0.15, 0.2) is 53.9 Å². The van der Waals surface area contributed by atoms with E-state index in [0.717, 1.165) is 40.7 Å². The van der Waals surface area contributed by atoms with Crippen LogP contribution in [-0.4, -0.2) is 45.1 Å². The number of carbonyl (C=O) groups excluding carboxylic acids is 1. The summed E-state index contributed by atoms with van der Waals surface area (Å²) in [6.07, 6.45) is 9.14. The molecule has 0 saturated heterocycles. The quantitative estimate of drug-likeness (QED) is 0.467. The second-order valence-corrected chi connectivity index (χ2v) is 9.43. The molecule has 2 aromatic heterocycles. The van der Waals surface area contributed by atoms with Gasteiger partial charge in [-0.1, -0.05) is 43.7 Å². The molecule has 1 aliphatic rings. The molecule has 1 aliphatic carbocycles. The lowest BCUT2D eigenvalue weighted by atomic mass is 9.85. The highest BCUT2D eigenvalue weighted by atomic mass is 32.2. The summed E-state index contributed by atoms with van der Waals surface area (Å²) >= 11 is 1.46. The smallest absolute Gasteiger partial charge is 0.230 e. The van der Waals surface area contributed by atoms with E-state index in [-0.39, 0.29) is 5.91 Å². The van der Waals surface area contributed by atoms with Crippen molar-refractivity contribution in [2.24, 2.45) is 5.92 Å². The number of nitrogens with zero attached hydrogens (tertiary/aromatic N) is 4. The average molecular weight is 466 g/mol. The topological polar surface area (TPSA) is 81.9 Å². The van der Waals surface area contributed by atoms with Crippen LogP contribution in [0.4, 0.5) is 0 Å². The Labute approximate surface area is 199 Å². The first-order chi connectivity index (χ1) is 16.2. The van der Waals surface area contributed by atoms with E-state index in [2.05, 4.69) is 32.0 Å². The Bertz CT molecular complexity index is 1040. The second kappa shape index (κ2) is 11.3. The number of thioether (sulfide) groups is 1. The Hall–Kier alpha value is -2.87. The minimum absolute atomic E-state index is 0.00248. The van der Waals surface area contributed by atoms with Crippen molar-refractivity contribution < 1.29 is 9.53 Å². The van der Waals surface area contributed by atoms with Gasteiger partial charge in [0.15, 0.2) is 11.0 Å². The third kappa shape index (κ3) is 5.93. The molecule has 0 spiro atoms. The third-order valence-corrected chi connectivity index (χ3v) is 7.15. The normalized spacial score (nSPS) is 18.1. The fourth-order valence-corrected chi connectivity index (χ4v) is 5.19. The van der Waals surface area contributed by atoms with Crippen LogP contribution in [0, 0.1) is 5.92 Å². The van der Waals surface area contributed by atoms with E-state index in [1.54, 1.807) is 13.3 Å². The van der Waals surface area contributed by atoms with Gasteiger partial charge in [0.05, 0.1) is 12.9 Å². The SMILES string of the molecule is COc1ccc(CCNC(=O)CSc2nnc(-c3cccnc3)n2[C@H]2CCCC[C@H]2C)cc1. The van der Waals surface area contributed by atoms with Crippen LogP contribution >= 0.6 is 11.8 Å². The highest BCUT2D eigenvalue weighted by Crippen LogP contribution is 2.38. The van der Waals surface area contributed by atoms with E-state index >= 15 is 0 Å². The fraction of sp³-hybridized carbons (Fsp3) is 0.440. The van der Waals surface area contributed by atoms with Crippen molar-refractivity contribution in [1.29, 1.82) is 0 Å². The van der Waals surface area contributed by atoms with Gasteiger partial charge in [0.2, 0.25) is 5.91 Å². The Morgan fingerprint density at radius 1 is 1.18 bits per heavy atom. The summed E-state index contributed by atoms with van der Waals surface area (Å²) in [5, 5.41) is 12.8. The number of hydrogen-bond donors (Lipinski definition) is 1. The van der Waals surface area contributed by atoms with E-state index in [9.17, 15) is 4.79 Å². The summed E-state index contributed by atoms with van der Waals surface area (Å²) in [7, 11) is 1.66. The maximum absolute atomic E-state index is 12.5. The Balaban J connectivity index is 1.39. The minimum atomic E-state index is 0.00248. The molecule has 0 radical (unpaired) electrons. The number of benzene rings is 1. The lowest BCUT2D eigenvalue weighted by molar-refractivity contribution is -0.118. The summed E-state index contributed by atoms with van der Waals surface area (Å²) in [5.74, 6) is 2.53. The van der Waals surface area contributed by atoms with E-state index in [4.69, 9.17) is 4.74 Å². The molecule has 1 N–H and O–H groups in total. The highest BCUT2D eigenvalue weighted by Gasteiger charge is 2.29. The molecule has 1 amide bonds. The number of pyridine rings is 1. The number of nitrogens with one attached hydrogen (secondary N) is 1. The molecule has 0 bridgehead atoms. The molecule has 1 saturated carbocycles. The number of rotatable bonds is 9. The van der Waals surface area contributed by atoms with Crippen LogP contribution in [-0.2, 0) is 11.2 Å². The molecule has 2 atom stereocenters. The summed E-state index contributed by atoms with van der Waals surface area (Å²) in [6, 6.07) is 12.2. The first-order valence-electron chi connectivity index (χ1n) is 11.5. The first kappa shape index (κ1) is 23.3. The third-order valence-electron chi connectivity index (χ3n) is 6.21. The zero-order valence-electron chi connectivity index (χ0n) is 19.2. The van der Waals surface area contributed by atoms with Crippen LogP contribution in [0.5, 0.6) is 5.75 Å². The average Bonchev–Trinajstić information content (AvgIpc) is 3.28. The van der Waals surface area contributed by atoms with Crippen molar-refractivity contribution in [2.45, 2.75) is 50.2 Å². The van der Waals surface area contributed by atoms with E-state index in [0.29, 0.717) is 24.3 Å². The fourth-order valence-electron chi connectivity index (χ4n) is 4.37. The Kier molecular flexibility index (Phi) is 7.99. The zero-order chi connectivity index (χ0) is 23.0. The molecule has 7 nitrogen and oxygen atoms in total. The van der Waals surface area contributed by atoms with Gasteiger partial charge in [0.1, 0.15) is 5.75 Å². The van der Waals surface area contributed by atoms with E-state index in [1.807, 2.05) is 42.6 Å². The van der Waals surface area contributed by atoms with Gasteiger partial charge in [-0.3, -0.25) is 14.3 Å². The largest absolute Gasteiger partial charge is 0.497 e. The lowest BCUT2D eigenvalue weighted by Crippen LogP contribution is -2.28.